The third kappa shape index (κ3) is 4.75. The summed E-state index contributed by atoms with van der Waals surface area (Å²) in [4.78, 5) is 28.0. The van der Waals surface area contributed by atoms with Crippen LogP contribution in [0.4, 0.5) is 13.9 Å². The van der Waals surface area contributed by atoms with Crippen molar-refractivity contribution in [2.75, 3.05) is 24.7 Å². The first-order valence-corrected chi connectivity index (χ1v) is 12.3. The molecule has 0 radical (unpaired) electrons. The van der Waals surface area contributed by atoms with Gasteiger partial charge in [0.1, 0.15) is 0 Å². The number of rotatable bonds is 7. The van der Waals surface area contributed by atoms with E-state index in [2.05, 4.69) is 15.0 Å². The molecule has 1 atom stereocenters. The average Bonchev–Trinajstić information content (AvgIpc) is 3.50. The van der Waals surface area contributed by atoms with Crippen molar-refractivity contribution in [1.82, 2.24) is 15.0 Å². The maximum Gasteiger partial charge on any atom is 0.297 e. The van der Waals surface area contributed by atoms with Crippen LogP contribution >= 0.6 is 11.3 Å². The molecule has 9 heteroatoms. The lowest BCUT2D eigenvalue weighted by Crippen LogP contribution is -2.36. The summed E-state index contributed by atoms with van der Waals surface area (Å²) in [5.74, 6) is -0.228. The molecule has 0 aliphatic carbocycles. The molecule has 0 unspecified atom stereocenters. The lowest BCUT2D eigenvalue weighted by Gasteiger charge is -2.23. The standard InChI is InChI=1S/C24H26F2N4O2S/c25-21(26)23-27-19(16-10-13-32-14-11-16)20-22(28-23)29-24(33-20)30-12-4-7-17(30)18(31)9-8-15-5-2-1-3-6-15/h1-3,5-6,16-17,21H,4,7-14H2/t17-/m1/s1. The Morgan fingerprint density at radius 1 is 1.12 bits per heavy atom. The van der Waals surface area contributed by atoms with Crippen molar-refractivity contribution in [3.63, 3.8) is 0 Å². The topological polar surface area (TPSA) is 68.2 Å². The molecular weight excluding hydrogens is 446 g/mol. The van der Waals surface area contributed by atoms with E-state index in [1.165, 1.54) is 11.3 Å². The average molecular weight is 473 g/mol. The highest BCUT2D eigenvalue weighted by atomic mass is 32.1. The van der Waals surface area contributed by atoms with Gasteiger partial charge in [-0.05, 0) is 37.7 Å². The van der Waals surface area contributed by atoms with E-state index in [9.17, 15) is 13.6 Å². The van der Waals surface area contributed by atoms with Crippen LogP contribution in [0.5, 0.6) is 0 Å². The van der Waals surface area contributed by atoms with Gasteiger partial charge >= 0.3 is 0 Å². The molecule has 4 heterocycles. The maximum absolute atomic E-state index is 13.5. The largest absolute Gasteiger partial charge is 0.381 e. The van der Waals surface area contributed by atoms with E-state index >= 15 is 0 Å². The summed E-state index contributed by atoms with van der Waals surface area (Å²) in [5, 5.41) is 0.676. The summed E-state index contributed by atoms with van der Waals surface area (Å²) in [6.07, 6.45) is 1.60. The van der Waals surface area contributed by atoms with Gasteiger partial charge in [0.2, 0.25) is 0 Å². The fourth-order valence-electron chi connectivity index (χ4n) is 4.73. The van der Waals surface area contributed by atoms with Crippen LogP contribution in [0.2, 0.25) is 0 Å². The highest BCUT2D eigenvalue weighted by Gasteiger charge is 2.33. The van der Waals surface area contributed by atoms with E-state index in [4.69, 9.17) is 4.74 Å². The van der Waals surface area contributed by atoms with E-state index in [-0.39, 0.29) is 17.7 Å². The molecule has 0 spiro atoms. The van der Waals surface area contributed by atoms with Crippen LogP contribution in [0.15, 0.2) is 30.3 Å². The van der Waals surface area contributed by atoms with E-state index < -0.39 is 12.2 Å². The molecule has 1 aromatic carbocycles. The van der Waals surface area contributed by atoms with E-state index in [0.717, 1.165) is 42.5 Å². The minimum absolute atomic E-state index is 0.0527. The number of halogens is 2. The quantitative estimate of drug-likeness (QED) is 0.477. The molecule has 0 N–H and O–H groups in total. The van der Waals surface area contributed by atoms with Crippen LogP contribution in [-0.4, -0.2) is 46.5 Å². The molecule has 2 aliphatic rings. The van der Waals surface area contributed by atoms with Gasteiger partial charge < -0.3 is 9.64 Å². The predicted octanol–water partition coefficient (Wildman–Crippen LogP) is 5.09. The number of Topliss-reactive ketones (excluding diaryl/α,β-unsaturated/α-hetero) is 1. The fraction of sp³-hybridized carbons (Fsp3) is 0.500. The summed E-state index contributed by atoms with van der Waals surface area (Å²) >= 11 is 1.42. The van der Waals surface area contributed by atoms with Crippen LogP contribution in [0, 0.1) is 0 Å². The van der Waals surface area contributed by atoms with Crippen molar-refractivity contribution < 1.29 is 18.3 Å². The van der Waals surface area contributed by atoms with Crippen LogP contribution in [0.3, 0.4) is 0 Å². The highest BCUT2D eigenvalue weighted by Crippen LogP contribution is 2.39. The van der Waals surface area contributed by atoms with Gasteiger partial charge in [0, 0.05) is 32.1 Å². The minimum Gasteiger partial charge on any atom is -0.381 e. The van der Waals surface area contributed by atoms with Gasteiger partial charge in [-0.2, -0.15) is 4.98 Å². The van der Waals surface area contributed by atoms with E-state index in [1.807, 2.05) is 35.2 Å². The summed E-state index contributed by atoms with van der Waals surface area (Å²) in [5.41, 5.74) is 2.10. The summed E-state index contributed by atoms with van der Waals surface area (Å²) in [6.45, 7) is 1.91. The molecule has 0 saturated carbocycles. The van der Waals surface area contributed by atoms with Crippen molar-refractivity contribution in [2.45, 2.75) is 56.9 Å². The fourth-order valence-corrected chi connectivity index (χ4v) is 5.88. The van der Waals surface area contributed by atoms with Gasteiger partial charge in [-0.1, -0.05) is 41.7 Å². The molecule has 5 rings (SSSR count). The number of ketones is 1. The number of carbonyl (C=O) groups excluding carboxylic acids is 1. The SMILES string of the molecule is O=C(CCc1ccccc1)[C@H]1CCCN1c1nc2nc(C(F)F)nc(C3CCOCC3)c2s1. The summed E-state index contributed by atoms with van der Waals surface area (Å²) in [7, 11) is 0. The van der Waals surface area contributed by atoms with E-state index in [1.54, 1.807) is 0 Å². The number of thiazole rings is 1. The van der Waals surface area contributed by atoms with Crippen molar-refractivity contribution in [3.05, 3.63) is 47.4 Å². The zero-order chi connectivity index (χ0) is 22.8. The number of aryl methyl sites for hydroxylation is 1. The third-order valence-corrected chi connectivity index (χ3v) is 7.57. The Morgan fingerprint density at radius 2 is 1.91 bits per heavy atom. The summed E-state index contributed by atoms with van der Waals surface area (Å²) in [6, 6.07) is 9.76. The molecule has 33 heavy (non-hydrogen) atoms. The number of hydrogen-bond acceptors (Lipinski definition) is 7. The Hall–Kier alpha value is -2.52. The minimum atomic E-state index is -2.75. The molecular formula is C24H26F2N4O2S. The number of fused-ring (bicyclic) bond motifs is 1. The smallest absolute Gasteiger partial charge is 0.297 e. The van der Waals surface area contributed by atoms with Crippen molar-refractivity contribution >= 4 is 32.6 Å². The molecule has 2 fully saturated rings. The number of ether oxygens (including phenoxy) is 1. The van der Waals surface area contributed by atoms with Gasteiger partial charge in [0.25, 0.3) is 6.43 Å². The van der Waals surface area contributed by atoms with Gasteiger partial charge in [-0.3, -0.25) is 4.79 Å². The molecule has 0 bridgehead atoms. The van der Waals surface area contributed by atoms with Crippen molar-refractivity contribution in [3.8, 4) is 0 Å². The molecule has 0 amide bonds. The molecule has 6 nitrogen and oxygen atoms in total. The number of benzene rings is 1. The normalized spacial score (nSPS) is 19.6. The zero-order valence-corrected chi connectivity index (χ0v) is 19.1. The number of aromatic nitrogens is 3. The lowest BCUT2D eigenvalue weighted by atomic mass is 9.96. The number of nitrogens with zero attached hydrogens (tertiary/aromatic N) is 4. The number of anilines is 1. The van der Waals surface area contributed by atoms with Crippen LogP contribution in [0.25, 0.3) is 10.3 Å². The summed E-state index contributed by atoms with van der Waals surface area (Å²) < 4.78 is 33.2. The molecule has 2 aliphatic heterocycles. The lowest BCUT2D eigenvalue weighted by molar-refractivity contribution is -0.120. The Labute approximate surface area is 195 Å². The number of hydrogen-bond donors (Lipinski definition) is 0. The monoisotopic (exact) mass is 472 g/mol. The van der Waals surface area contributed by atoms with Crippen molar-refractivity contribution in [2.24, 2.45) is 0 Å². The first-order valence-electron chi connectivity index (χ1n) is 11.5. The number of carbonyl (C=O) groups is 1. The van der Waals surface area contributed by atoms with Gasteiger partial charge in [0.05, 0.1) is 16.4 Å². The molecule has 2 aromatic heterocycles. The molecule has 2 saturated heterocycles. The van der Waals surface area contributed by atoms with Crippen molar-refractivity contribution in [1.29, 1.82) is 0 Å². The van der Waals surface area contributed by atoms with Crippen LogP contribution < -0.4 is 4.90 Å². The first-order chi connectivity index (χ1) is 16.1. The molecule has 174 valence electrons. The predicted molar refractivity (Wildman–Crippen MR) is 123 cm³/mol. The number of alkyl halides is 2. The second-order valence-electron chi connectivity index (χ2n) is 8.61. The molecule has 3 aromatic rings. The highest BCUT2D eigenvalue weighted by molar-refractivity contribution is 7.22. The Morgan fingerprint density at radius 3 is 2.67 bits per heavy atom. The van der Waals surface area contributed by atoms with Crippen LogP contribution in [-0.2, 0) is 16.0 Å². The Bertz CT molecular complexity index is 1120. The van der Waals surface area contributed by atoms with E-state index in [0.29, 0.717) is 42.5 Å². The van der Waals surface area contributed by atoms with Gasteiger partial charge in [-0.15, -0.1) is 0 Å². The second-order valence-corrected chi connectivity index (χ2v) is 9.58. The van der Waals surface area contributed by atoms with Crippen LogP contribution in [0.1, 0.15) is 61.5 Å². The van der Waals surface area contributed by atoms with Gasteiger partial charge in [0.15, 0.2) is 22.4 Å². The second kappa shape index (κ2) is 9.77. The maximum atomic E-state index is 13.5. The Balaban J connectivity index is 1.41. The first kappa shape index (κ1) is 22.3. The van der Waals surface area contributed by atoms with Gasteiger partial charge in [-0.25, -0.2) is 18.7 Å². The third-order valence-electron chi connectivity index (χ3n) is 6.46. The Kier molecular flexibility index (Phi) is 6.59. The zero-order valence-electron chi connectivity index (χ0n) is 18.3.